The summed E-state index contributed by atoms with van der Waals surface area (Å²) in [7, 11) is 1.97. The van der Waals surface area contributed by atoms with Crippen LogP contribution >= 0.6 is 0 Å². The lowest BCUT2D eigenvalue weighted by molar-refractivity contribution is 0.738. The van der Waals surface area contributed by atoms with E-state index >= 15 is 0 Å². The third-order valence-electron chi connectivity index (χ3n) is 3.59. The number of unbranched alkanes of at least 4 members (excludes halogenated alkanes) is 1. The Bertz CT molecular complexity index is 511. The molecule has 19 heavy (non-hydrogen) atoms. The summed E-state index contributed by atoms with van der Waals surface area (Å²) in [6, 6.07) is 8.76. The average Bonchev–Trinajstić information content (AvgIpc) is 2.75. The molecule has 0 bridgehead atoms. The fourth-order valence-electron chi connectivity index (χ4n) is 2.09. The quantitative estimate of drug-likeness (QED) is 0.855. The maximum absolute atomic E-state index is 4.25. The minimum atomic E-state index is 0.827. The first-order valence-corrected chi connectivity index (χ1v) is 7.01. The van der Waals surface area contributed by atoms with Crippen molar-refractivity contribution in [1.82, 2.24) is 9.78 Å². The van der Waals surface area contributed by atoms with Crippen molar-refractivity contribution in [2.45, 2.75) is 39.7 Å². The van der Waals surface area contributed by atoms with Gasteiger partial charge in [0.2, 0.25) is 0 Å². The van der Waals surface area contributed by atoms with Gasteiger partial charge in [0.05, 0.1) is 6.20 Å². The zero-order valence-electron chi connectivity index (χ0n) is 12.1. The van der Waals surface area contributed by atoms with Crippen LogP contribution in [0.1, 0.15) is 36.6 Å². The minimum Gasteiger partial charge on any atom is -0.381 e. The van der Waals surface area contributed by atoms with Crippen LogP contribution < -0.4 is 5.32 Å². The van der Waals surface area contributed by atoms with E-state index in [-0.39, 0.29) is 0 Å². The Hall–Kier alpha value is -1.77. The van der Waals surface area contributed by atoms with Crippen LogP contribution in [0.3, 0.4) is 0 Å². The zero-order valence-corrected chi connectivity index (χ0v) is 12.1. The predicted molar refractivity (Wildman–Crippen MR) is 80.3 cm³/mol. The van der Waals surface area contributed by atoms with E-state index in [1.54, 1.807) is 0 Å². The van der Waals surface area contributed by atoms with E-state index in [2.05, 4.69) is 48.5 Å². The van der Waals surface area contributed by atoms with Crippen molar-refractivity contribution in [2.24, 2.45) is 7.05 Å². The summed E-state index contributed by atoms with van der Waals surface area (Å²) in [6.45, 7) is 5.15. The van der Waals surface area contributed by atoms with Gasteiger partial charge in [-0.15, -0.1) is 0 Å². The fourth-order valence-corrected chi connectivity index (χ4v) is 2.09. The largest absolute Gasteiger partial charge is 0.381 e. The van der Waals surface area contributed by atoms with E-state index in [9.17, 15) is 0 Å². The molecule has 0 amide bonds. The molecule has 1 N–H and O–H groups in total. The maximum atomic E-state index is 4.25. The smallest absolute Gasteiger partial charge is 0.0542 e. The van der Waals surface area contributed by atoms with Crippen molar-refractivity contribution < 1.29 is 0 Å². The molecule has 3 nitrogen and oxygen atoms in total. The Kier molecular flexibility index (Phi) is 4.61. The van der Waals surface area contributed by atoms with Gasteiger partial charge in [0.15, 0.2) is 0 Å². The molecular weight excluding hydrogens is 234 g/mol. The van der Waals surface area contributed by atoms with Gasteiger partial charge >= 0.3 is 0 Å². The number of hydrogen-bond acceptors (Lipinski definition) is 2. The number of hydrogen-bond donors (Lipinski definition) is 1. The van der Waals surface area contributed by atoms with Gasteiger partial charge in [0, 0.05) is 30.5 Å². The van der Waals surface area contributed by atoms with Crippen molar-refractivity contribution >= 4 is 5.69 Å². The minimum absolute atomic E-state index is 0.827. The Balaban J connectivity index is 1.91. The molecule has 1 aromatic carbocycles. The van der Waals surface area contributed by atoms with E-state index in [0.29, 0.717) is 0 Å². The van der Waals surface area contributed by atoms with E-state index in [0.717, 1.165) is 6.54 Å². The lowest BCUT2D eigenvalue weighted by Crippen LogP contribution is -2.01. The van der Waals surface area contributed by atoms with Crippen LogP contribution in [0.2, 0.25) is 0 Å². The first-order valence-electron chi connectivity index (χ1n) is 7.01. The highest BCUT2D eigenvalue weighted by Gasteiger charge is 2.03. The van der Waals surface area contributed by atoms with Crippen molar-refractivity contribution in [3.63, 3.8) is 0 Å². The summed E-state index contributed by atoms with van der Waals surface area (Å²) in [5, 5.41) is 7.70. The summed E-state index contributed by atoms with van der Waals surface area (Å²) in [5.74, 6) is 0. The molecule has 0 aliphatic rings. The molecular formula is C16H23N3. The molecule has 0 saturated carbocycles. The highest BCUT2D eigenvalue weighted by atomic mass is 15.3. The van der Waals surface area contributed by atoms with Gasteiger partial charge in [-0.05, 0) is 37.5 Å². The standard InChI is InChI=1S/C16H23N3/c1-4-5-6-14-7-9-16(10-8-14)17-11-15-12-18-19(3)13(15)2/h7-10,12,17H,4-6,11H2,1-3H3. The summed E-state index contributed by atoms with van der Waals surface area (Å²) >= 11 is 0. The molecule has 0 aliphatic heterocycles. The molecule has 2 rings (SSSR count). The molecule has 0 radical (unpaired) electrons. The Morgan fingerprint density at radius 1 is 1.21 bits per heavy atom. The molecule has 0 spiro atoms. The number of nitrogens with one attached hydrogen (secondary N) is 1. The van der Waals surface area contributed by atoms with Crippen LogP contribution in [-0.4, -0.2) is 9.78 Å². The Morgan fingerprint density at radius 2 is 1.95 bits per heavy atom. The second kappa shape index (κ2) is 6.41. The molecule has 0 unspecified atom stereocenters. The van der Waals surface area contributed by atoms with Gasteiger partial charge in [0.1, 0.15) is 0 Å². The van der Waals surface area contributed by atoms with Crippen LogP contribution in [0.4, 0.5) is 5.69 Å². The monoisotopic (exact) mass is 257 g/mol. The molecule has 0 atom stereocenters. The van der Waals surface area contributed by atoms with Crippen molar-refractivity contribution in [1.29, 1.82) is 0 Å². The summed E-state index contributed by atoms with van der Waals surface area (Å²) < 4.78 is 1.91. The third-order valence-corrected chi connectivity index (χ3v) is 3.59. The Labute approximate surface area is 115 Å². The van der Waals surface area contributed by atoms with Crippen molar-refractivity contribution in [3.8, 4) is 0 Å². The van der Waals surface area contributed by atoms with Gasteiger partial charge in [-0.3, -0.25) is 4.68 Å². The lowest BCUT2D eigenvalue weighted by Gasteiger charge is -2.07. The molecule has 0 aliphatic carbocycles. The molecule has 0 fully saturated rings. The van der Waals surface area contributed by atoms with E-state index < -0.39 is 0 Å². The molecule has 1 heterocycles. The third kappa shape index (κ3) is 3.60. The number of benzene rings is 1. The van der Waals surface area contributed by atoms with Gasteiger partial charge < -0.3 is 5.32 Å². The van der Waals surface area contributed by atoms with E-state index in [1.807, 2.05) is 17.9 Å². The summed E-state index contributed by atoms with van der Waals surface area (Å²) in [6.07, 6.45) is 5.62. The second-order valence-electron chi connectivity index (χ2n) is 5.03. The SMILES string of the molecule is CCCCc1ccc(NCc2cnn(C)c2C)cc1. The zero-order chi connectivity index (χ0) is 13.7. The maximum Gasteiger partial charge on any atom is 0.0542 e. The number of rotatable bonds is 6. The van der Waals surface area contributed by atoms with Crippen molar-refractivity contribution in [2.75, 3.05) is 5.32 Å². The van der Waals surface area contributed by atoms with Gasteiger partial charge in [-0.1, -0.05) is 25.5 Å². The molecule has 102 valence electrons. The van der Waals surface area contributed by atoms with Crippen LogP contribution in [0.5, 0.6) is 0 Å². The van der Waals surface area contributed by atoms with Gasteiger partial charge in [0.25, 0.3) is 0 Å². The number of nitrogens with zero attached hydrogens (tertiary/aromatic N) is 2. The lowest BCUT2D eigenvalue weighted by atomic mass is 10.1. The highest BCUT2D eigenvalue weighted by Crippen LogP contribution is 2.14. The van der Waals surface area contributed by atoms with Gasteiger partial charge in [-0.25, -0.2) is 0 Å². The van der Waals surface area contributed by atoms with Crippen LogP contribution in [0.25, 0.3) is 0 Å². The van der Waals surface area contributed by atoms with Crippen LogP contribution in [-0.2, 0) is 20.0 Å². The number of anilines is 1. The summed E-state index contributed by atoms with van der Waals surface area (Å²) in [5.41, 5.74) is 5.05. The average molecular weight is 257 g/mol. The summed E-state index contributed by atoms with van der Waals surface area (Å²) in [4.78, 5) is 0. The van der Waals surface area contributed by atoms with E-state index in [1.165, 1.54) is 41.8 Å². The van der Waals surface area contributed by atoms with E-state index in [4.69, 9.17) is 0 Å². The van der Waals surface area contributed by atoms with Crippen LogP contribution in [0, 0.1) is 6.92 Å². The normalized spacial score (nSPS) is 10.7. The first-order chi connectivity index (χ1) is 9.20. The van der Waals surface area contributed by atoms with Crippen LogP contribution in [0.15, 0.2) is 30.5 Å². The second-order valence-corrected chi connectivity index (χ2v) is 5.03. The molecule has 3 heteroatoms. The Morgan fingerprint density at radius 3 is 2.53 bits per heavy atom. The fraction of sp³-hybridized carbons (Fsp3) is 0.438. The first kappa shape index (κ1) is 13.7. The van der Waals surface area contributed by atoms with Gasteiger partial charge in [-0.2, -0.15) is 5.10 Å². The highest BCUT2D eigenvalue weighted by molar-refractivity contribution is 5.45. The topological polar surface area (TPSA) is 29.9 Å². The predicted octanol–water partition coefficient (Wildman–Crippen LogP) is 3.68. The number of aryl methyl sites for hydroxylation is 2. The van der Waals surface area contributed by atoms with Crippen molar-refractivity contribution in [3.05, 3.63) is 47.3 Å². The number of aromatic nitrogens is 2. The molecule has 0 saturated heterocycles. The molecule has 2 aromatic rings. The molecule has 1 aromatic heterocycles.